The number of hydrogen-bond acceptors (Lipinski definition) is 3. The molecule has 2 aromatic heterocycles. The molecule has 1 aromatic carbocycles. The van der Waals surface area contributed by atoms with E-state index in [1.165, 1.54) is 5.56 Å². The summed E-state index contributed by atoms with van der Waals surface area (Å²) >= 11 is 0. The summed E-state index contributed by atoms with van der Waals surface area (Å²) < 4.78 is 1.82. The first-order chi connectivity index (χ1) is 10.6. The van der Waals surface area contributed by atoms with Crippen LogP contribution in [0, 0.1) is 5.92 Å². The first-order valence-electron chi connectivity index (χ1n) is 7.55. The van der Waals surface area contributed by atoms with Gasteiger partial charge in [-0.3, -0.25) is 4.40 Å². The Balaban J connectivity index is 2.04. The number of imidazole rings is 1. The van der Waals surface area contributed by atoms with Gasteiger partial charge in [0, 0.05) is 17.3 Å². The molecule has 0 atom stereocenters. The van der Waals surface area contributed by atoms with Crippen LogP contribution < -0.4 is 5.73 Å². The normalized spacial score (nSPS) is 11.5. The lowest BCUT2D eigenvalue weighted by Crippen LogP contribution is -1.96. The van der Waals surface area contributed by atoms with Crippen LogP contribution in [0.25, 0.3) is 16.9 Å². The molecule has 0 saturated carbocycles. The minimum Gasteiger partial charge on any atom is -0.392 e. The molecule has 0 unspecified atom stereocenters. The predicted molar refractivity (Wildman–Crippen MR) is 89.5 cm³/mol. The van der Waals surface area contributed by atoms with Gasteiger partial charge in [-0.25, -0.2) is 4.98 Å². The molecule has 3 N–H and O–H groups in total. The van der Waals surface area contributed by atoms with Crippen molar-refractivity contribution in [3.8, 4) is 11.3 Å². The Morgan fingerprint density at radius 3 is 2.55 bits per heavy atom. The van der Waals surface area contributed by atoms with Crippen molar-refractivity contribution < 1.29 is 5.11 Å². The van der Waals surface area contributed by atoms with E-state index in [2.05, 4.69) is 43.1 Å². The van der Waals surface area contributed by atoms with E-state index in [0.29, 0.717) is 17.4 Å². The summed E-state index contributed by atoms with van der Waals surface area (Å²) in [5.74, 6) is 1.24. The maximum atomic E-state index is 9.43. The number of pyridine rings is 1. The van der Waals surface area contributed by atoms with Gasteiger partial charge in [0.2, 0.25) is 0 Å². The molecule has 0 bridgehead atoms. The third-order valence-electron chi connectivity index (χ3n) is 3.81. The van der Waals surface area contributed by atoms with Crippen LogP contribution in [0.15, 0.2) is 42.6 Å². The van der Waals surface area contributed by atoms with Gasteiger partial charge in [0.1, 0.15) is 17.2 Å². The zero-order valence-electron chi connectivity index (χ0n) is 13.0. The number of nitrogens with two attached hydrogens (primary N) is 1. The Morgan fingerprint density at radius 1 is 1.18 bits per heavy atom. The number of anilines is 1. The van der Waals surface area contributed by atoms with E-state index in [0.717, 1.165) is 23.2 Å². The van der Waals surface area contributed by atoms with Crippen molar-refractivity contribution in [2.75, 3.05) is 5.73 Å². The molecule has 22 heavy (non-hydrogen) atoms. The largest absolute Gasteiger partial charge is 0.392 e. The summed E-state index contributed by atoms with van der Waals surface area (Å²) in [6, 6.07) is 12.1. The van der Waals surface area contributed by atoms with Crippen molar-refractivity contribution in [1.82, 2.24) is 9.38 Å². The molecular formula is C18H21N3O. The summed E-state index contributed by atoms with van der Waals surface area (Å²) in [6.07, 6.45) is 2.93. The van der Waals surface area contributed by atoms with Crippen LogP contribution in [0.3, 0.4) is 0 Å². The van der Waals surface area contributed by atoms with Gasteiger partial charge in [-0.15, -0.1) is 0 Å². The SMILES string of the molecule is CC(C)Cc1ccc(-c2nc3c(CO)cccn3c2N)cc1. The van der Waals surface area contributed by atoms with E-state index in [9.17, 15) is 5.11 Å². The quantitative estimate of drug-likeness (QED) is 0.776. The van der Waals surface area contributed by atoms with Crippen LogP contribution in [0.4, 0.5) is 5.82 Å². The second-order valence-electron chi connectivity index (χ2n) is 6.03. The minimum absolute atomic E-state index is 0.0481. The molecule has 3 aromatic rings. The van der Waals surface area contributed by atoms with Crippen molar-refractivity contribution in [2.24, 2.45) is 5.92 Å². The van der Waals surface area contributed by atoms with Crippen LogP contribution in [-0.2, 0) is 13.0 Å². The van der Waals surface area contributed by atoms with Crippen LogP contribution >= 0.6 is 0 Å². The fourth-order valence-electron chi connectivity index (χ4n) is 2.75. The summed E-state index contributed by atoms with van der Waals surface area (Å²) in [5, 5.41) is 9.43. The van der Waals surface area contributed by atoms with Crippen molar-refractivity contribution in [3.05, 3.63) is 53.7 Å². The molecule has 0 aliphatic heterocycles. The number of aliphatic hydroxyl groups is 1. The molecule has 0 fully saturated rings. The maximum Gasteiger partial charge on any atom is 0.144 e. The Kier molecular flexibility index (Phi) is 3.86. The molecule has 4 nitrogen and oxygen atoms in total. The average molecular weight is 295 g/mol. The van der Waals surface area contributed by atoms with Crippen molar-refractivity contribution in [1.29, 1.82) is 0 Å². The second-order valence-corrected chi connectivity index (χ2v) is 6.03. The van der Waals surface area contributed by atoms with E-state index in [4.69, 9.17) is 5.73 Å². The van der Waals surface area contributed by atoms with Gasteiger partial charge in [-0.1, -0.05) is 44.2 Å². The van der Waals surface area contributed by atoms with Crippen LogP contribution in [0.1, 0.15) is 25.0 Å². The molecule has 0 saturated heterocycles. The molecule has 0 spiro atoms. The van der Waals surface area contributed by atoms with Crippen LogP contribution in [0.5, 0.6) is 0 Å². The molecule has 3 rings (SSSR count). The Bertz CT molecular complexity index is 788. The highest BCUT2D eigenvalue weighted by Crippen LogP contribution is 2.28. The highest BCUT2D eigenvalue weighted by molar-refractivity contribution is 5.76. The predicted octanol–water partition coefficient (Wildman–Crippen LogP) is 3.27. The number of fused-ring (bicyclic) bond motifs is 1. The highest BCUT2D eigenvalue weighted by atomic mass is 16.3. The average Bonchev–Trinajstić information content (AvgIpc) is 2.85. The number of rotatable bonds is 4. The fraction of sp³-hybridized carbons (Fsp3) is 0.278. The van der Waals surface area contributed by atoms with Crippen molar-refractivity contribution >= 4 is 11.5 Å². The van der Waals surface area contributed by atoms with Gasteiger partial charge in [0.15, 0.2) is 0 Å². The van der Waals surface area contributed by atoms with Crippen LogP contribution in [-0.4, -0.2) is 14.5 Å². The molecule has 0 aliphatic rings. The number of aromatic nitrogens is 2. The van der Waals surface area contributed by atoms with Crippen molar-refractivity contribution in [3.63, 3.8) is 0 Å². The standard InChI is InChI=1S/C18H21N3O/c1-12(2)10-13-5-7-14(8-6-13)16-17(19)21-9-3-4-15(11-22)18(21)20-16/h3-9,12,22H,10-11,19H2,1-2H3. The number of nitrogens with zero attached hydrogens (tertiary/aromatic N) is 2. The molecule has 4 heteroatoms. The first-order valence-corrected chi connectivity index (χ1v) is 7.55. The van der Waals surface area contributed by atoms with Gasteiger partial charge >= 0.3 is 0 Å². The molecule has 0 amide bonds. The smallest absolute Gasteiger partial charge is 0.144 e. The zero-order valence-corrected chi connectivity index (χ0v) is 13.0. The lowest BCUT2D eigenvalue weighted by Gasteiger charge is -2.06. The lowest BCUT2D eigenvalue weighted by atomic mass is 10.0. The number of aliphatic hydroxyl groups excluding tert-OH is 1. The molecule has 2 heterocycles. The van der Waals surface area contributed by atoms with E-state index in [-0.39, 0.29) is 6.61 Å². The number of benzene rings is 1. The Morgan fingerprint density at radius 2 is 1.91 bits per heavy atom. The molecule has 0 radical (unpaired) electrons. The summed E-state index contributed by atoms with van der Waals surface area (Å²) in [7, 11) is 0. The van der Waals surface area contributed by atoms with Gasteiger partial charge < -0.3 is 10.8 Å². The monoisotopic (exact) mass is 295 g/mol. The topological polar surface area (TPSA) is 63.5 Å². The van der Waals surface area contributed by atoms with Gasteiger partial charge in [0.25, 0.3) is 0 Å². The maximum absolute atomic E-state index is 9.43. The molecule has 114 valence electrons. The van der Waals surface area contributed by atoms with Crippen molar-refractivity contribution in [2.45, 2.75) is 26.9 Å². The summed E-state index contributed by atoms with van der Waals surface area (Å²) in [6.45, 7) is 4.38. The van der Waals surface area contributed by atoms with Crippen LogP contribution in [0.2, 0.25) is 0 Å². The first kappa shape index (κ1) is 14.6. The van der Waals surface area contributed by atoms with E-state index >= 15 is 0 Å². The summed E-state index contributed by atoms with van der Waals surface area (Å²) in [4.78, 5) is 4.62. The molecular weight excluding hydrogens is 274 g/mol. The summed E-state index contributed by atoms with van der Waals surface area (Å²) in [5.41, 5.74) is 10.8. The highest BCUT2D eigenvalue weighted by Gasteiger charge is 2.13. The van der Waals surface area contributed by atoms with E-state index < -0.39 is 0 Å². The van der Waals surface area contributed by atoms with E-state index in [1.807, 2.05) is 22.7 Å². The Hall–Kier alpha value is -2.33. The van der Waals surface area contributed by atoms with Gasteiger partial charge in [-0.2, -0.15) is 0 Å². The third kappa shape index (κ3) is 2.57. The lowest BCUT2D eigenvalue weighted by molar-refractivity contribution is 0.282. The number of nitrogen functional groups attached to an aromatic ring is 1. The third-order valence-corrected chi connectivity index (χ3v) is 3.81. The van der Waals surface area contributed by atoms with Gasteiger partial charge in [0.05, 0.1) is 6.61 Å². The zero-order chi connectivity index (χ0) is 15.7. The fourth-order valence-corrected chi connectivity index (χ4v) is 2.75. The minimum atomic E-state index is -0.0481. The second kappa shape index (κ2) is 5.81. The molecule has 0 aliphatic carbocycles. The number of hydrogen-bond donors (Lipinski definition) is 2. The van der Waals surface area contributed by atoms with Gasteiger partial charge in [-0.05, 0) is 24.0 Å². The van der Waals surface area contributed by atoms with E-state index in [1.54, 1.807) is 0 Å². The Labute approximate surface area is 130 Å².